The van der Waals surface area contributed by atoms with Crippen molar-refractivity contribution in [1.82, 2.24) is 24.6 Å². The molecule has 1 aliphatic rings. The van der Waals surface area contributed by atoms with Gasteiger partial charge in [-0.05, 0) is 25.1 Å². The molecular weight excluding hydrogens is 362 g/mol. The number of piperazine rings is 1. The number of hydrogen-bond donors (Lipinski definition) is 0. The lowest BCUT2D eigenvalue weighted by Gasteiger charge is -2.42. The van der Waals surface area contributed by atoms with Gasteiger partial charge in [0.05, 0.1) is 18.4 Å². The molecule has 2 aromatic heterocycles. The Morgan fingerprint density at radius 1 is 1.14 bits per heavy atom. The minimum atomic E-state index is -0.448. The van der Waals surface area contributed by atoms with Crippen LogP contribution in [0.5, 0.6) is 0 Å². The molecule has 0 saturated carbocycles. The topological polar surface area (TPSA) is 50.1 Å². The summed E-state index contributed by atoms with van der Waals surface area (Å²) >= 11 is 0. The summed E-state index contributed by atoms with van der Waals surface area (Å²) in [5.41, 5.74) is 2.57. The van der Waals surface area contributed by atoms with E-state index < -0.39 is 11.6 Å². The van der Waals surface area contributed by atoms with Crippen LogP contribution in [-0.2, 0) is 13.6 Å². The summed E-state index contributed by atoms with van der Waals surface area (Å²) in [7, 11) is 1.91. The third-order valence-corrected chi connectivity index (χ3v) is 5.36. The second kappa shape index (κ2) is 7.63. The van der Waals surface area contributed by atoms with Crippen molar-refractivity contribution >= 4 is 5.82 Å². The second-order valence-corrected chi connectivity index (χ2v) is 7.05. The van der Waals surface area contributed by atoms with E-state index in [1.165, 1.54) is 12.1 Å². The fourth-order valence-corrected chi connectivity index (χ4v) is 3.67. The molecule has 0 aliphatic carbocycles. The number of halogens is 2. The second-order valence-electron chi connectivity index (χ2n) is 7.05. The van der Waals surface area contributed by atoms with Crippen LogP contribution in [0.1, 0.15) is 22.9 Å². The maximum absolute atomic E-state index is 14.6. The zero-order valence-electron chi connectivity index (χ0n) is 15.9. The van der Waals surface area contributed by atoms with Crippen LogP contribution in [0.2, 0.25) is 0 Å². The molecule has 0 N–H and O–H groups in total. The van der Waals surface area contributed by atoms with E-state index in [-0.39, 0.29) is 6.04 Å². The van der Waals surface area contributed by atoms with Crippen molar-refractivity contribution in [1.29, 1.82) is 0 Å². The number of hydrogen-bond acceptors (Lipinski definition) is 5. The zero-order chi connectivity index (χ0) is 19.7. The van der Waals surface area contributed by atoms with Crippen molar-refractivity contribution in [3.8, 4) is 0 Å². The first-order valence-corrected chi connectivity index (χ1v) is 9.20. The molecule has 1 fully saturated rings. The van der Waals surface area contributed by atoms with Gasteiger partial charge in [-0.25, -0.2) is 13.8 Å². The molecule has 0 radical (unpaired) electrons. The molecule has 3 heterocycles. The smallest absolute Gasteiger partial charge is 0.147 e. The molecule has 1 atom stereocenters. The largest absolute Gasteiger partial charge is 0.346 e. The number of benzene rings is 1. The van der Waals surface area contributed by atoms with E-state index in [0.717, 1.165) is 23.9 Å². The molecule has 1 unspecified atom stereocenters. The number of aryl methyl sites for hydroxylation is 1. The Kier molecular flexibility index (Phi) is 5.04. The zero-order valence-corrected chi connectivity index (χ0v) is 15.9. The predicted molar refractivity (Wildman–Crippen MR) is 102 cm³/mol. The summed E-state index contributed by atoms with van der Waals surface area (Å²) in [6.07, 6.45) is 6.73. The highest BCUT2D eigenvalue weighted by Gasteiger charge is 2.31. The molecule has 1 aromatic carbocycles. The van der Waals surface area contributed by atoms with Gasteiger partial charge < -0.3 is 4.90 Å². The highest BCUT2D eigenvalue weighted by atomic mass is 19.1. The highest BCUT2D eigenvalue weighted by molar-refractivity contribution is 5.42. The number of aromatic nitrogens is 4. The molecule has 1 saturated heterocycles. The monoisotopic (exact) mass is 384 g/mol. The summed E-state index contributed by atoms with van der Waals surface area (Å²) < 4.78 is 30.3. The molecule has 4 rings (SSSR count). The van der Waals surface area contributed by atoms with Gasteiger partial charge in [-0.3, -0.25) is 14.6 Å². The maximum Gasteiger partial charge on any atom is 0.147 e. The first kappa shape index (κ1) is 18.5. The first-order chi connectivity index (χ1) is 13.5. The van der Waals surface area contributed by atoms with Gasteiger partial charge in [0, 0.05) is 62.4 Å². The molecule has 146 valence electrons. The standard InChI is InChI=1S/C20H22F2N6/c1-14-15(10-25-26(14)2)12-27-7-8-28(20-11-23-5-6-24-20)19(13-27)17-9-16(21)3-4-18(17)22/h3-6,9-11,19H,7-8,12-13H2,1-2H3. The van der Waals surface area contributed by atoms with E-state index in [1.807, 2.05) is 29.7 Å². The van der Waals surface area contributed by atoms with E-state index in [9.17, 15) is 8.78 Å². The lowest BCUT2D eigenvalue weighted by molar-refractivity contribution is 0.212. The Bertz CT molecular complexity index is 959. The van der Waals surface area contributed by atoms with Crippen LogP contribution >= 0.6 is 0 Å². The summed E-state index contributed by atoms with van der Waals surface area (Å²) in [5, 5.41) is 4.30. The molecule has 0 spiro atoms. The SMILES string of the molecule is Cc1c(CN2CCN(c3cnccn3)C(c3cc(F)ccc3F)C2)cnn1C. The third kappa shape index (κ3) is 3.60. The quantitative estimate of drug-likeness (QED) is 0.692. The average Bonchev–Trinajstić information content (AvgIpc) is 3.02. The van der Waals surface area contributed by atoms with E-state index in [2.05, 4.69) is 20.0 Å². The first-order valence-electron chi connectivity index (χ1n) is 9.20. The van der Waals surface area contributed by atoms with Crippen molar-refractivity contribution in [2.75, 3.05) is 24.5 Å². The average molecular weight is 384 g/mol. The van der Waals surface area contributed by atoms with Crippen LogP contribution < -0.4 is 4.90 Å². The Balaban J connectivity index is 1.65. The van der Waals surface area contributed by atoms with E-state index in [1.54, 1.807) is 18.6 Å². The molecule has 0 bridgehead atoms. The molecule has 3 aromatic rings. The van der Waals surface area contributed by atoms with Crippen LogP contribution in [0.3, 0.4) is 0 Å². The lowest BCUT2D eigenvalue weighted by atomic mass is 10.0. The highest BCUT2D eigenvalue weighted by Crippen LogP contribution is 2.32. The number of anilines is 1. The molecule has 0 amide bonds. The van der Waals surface area contributed by atoms with Crippen LogP contribution in [0, 0.1) is 18.6 Å². The van der Waals surface area contributed by atoms with E-state index in [0.29, 0.717) is 31.0 Å². The number of rotatable bonds is 4. The van der Waals surface area contributed by atoms with Gasteiger partial charge in [0.1, 0.15) is 17.5 Å². The summed E-state index contributed by atoms with van der Waals surface area (Å²) in [6.45, 7) is 4.70. The van der Waals surface area contributed by atoms with Crippen LogP contribution in [0.15, 0.2) is 43.0 Å². The maximum atomic E-state index is 14.6. The molecule has 8 heteroatoms. The summed E-state index contributed by atoms with van der Waals surface area (Å²) in [6, 6.07) is 3.25. The van der Waals surface area contributed by atoms with Crippen molar-refractivity contribution in [2.24, 2.45) is 7.05 Å². The Hall–Kier alpha value is -2.87. The molecular formula is C20H22F2N6. The van der Waals surface area contributed by atoms with Gasteiger partial charge in [-0.15, -0.1) is 0 Å². The predicted octanol–water partition coefficient (Wildman–Crippen LogP) is 2.86. The van der Waals surface area contributed by atoms with Gasteiger partial charge in [-0.1, -0.05) is 0 Å². The summed E-state index contributed by atoms with van der Waals surface area (Å²) in [5.74, 6) is -0.205. The minimum Gasteiger partial charge on any atom is -0.346 e. The van der Waals surface area contributed by atoms with Crippen molar-refractivity contribution < 1.29 is 8.78 Å². The fraction of sp³-hybridized carbons (Fsp3) is 0.350. The van der Waals surface area contributed by atoms with Crippen LogP contribution in [0.25, 0.3) is 0 Å². The Morgan fingerprint density at radius 2 is 2.00 bits per heavy atom. The van der Waals surface area contributed by atoms with Gasteiger partial charge >= 0.3 is 0 Å². The van der Waals surface area contributed by atoms with Crippen LogP contribution in [0.4, 0.5) is 14.6 Å². The van der Waals surface area contributed by atoms with Gasteiger partial charge in [0.15, 0.2) is 0 Å². The lowest BCUT2D eigenvalue weighted by Crippen LogP contribution is -2.48. The fourth-order valence-electron chi connectivity index (χ4n) is 3.67. The van der Waals surface area contributed by atoms with Crippen molar-refractivity contribution in [2.45, 2.75) is 19.5 Å². The Labute approximate surface area is 162 Å². The van der Waals surface area contributed by atoms with Crippen LogP contribution in [-0.4, -0.2) is 44.3 Å². The Morgan fingerprint density at radius 3 is 2.71 bits per heavy atom. The van der Waals surface area contributed by atoms with E-state index in [4.69, 9.17) is 0 Å². The molecule has 1 aliphatic heterocycles. The van der Waals surface area contributed by atoms with Gasteiger partial charge in [0.2, 0.25) is 0 Å². The molecule has 28 heavy (non-hydrogen) atoms. The molecule has 6 nitrogen and oxygen atoms in total. The van der Waals surface area contributed by atoms with Gasteiger partial charge in [-0.2, -0.15) is 5.10 Å². The van der Waals surface area contributed by atoms with Gasteiger partial charge in [0.25, 0.3) is 0 Å². The van der Waals surface area contributed by atoms with E-state index >= 15 is 0 Å². The van der Waals surface area contributed by atoms with Crippen molar-refractivity contribution in [3.63, 3.8) is 0 Å². The van der Waals surface area contributed by atoms with Crippen molar-refractivity contribution in [3.05, 3.63) is 71.4 Å². The third-order valence-electron chi connectivity index (χ3n) is 5.36. The minimum absolute atomic E-state index is 0.332. The number of nitrogens with zero attached hydrogens (tertiary/aromatic N) is 6. The normalized spacial score (nSPS) is 17.9. The summed E-state index contributed by atoms with van der Waals surface area (Å²) in [4.78, 5) is 12.7.